The van der Waals surface area contributed by atoms with Crippen LogP contribution >= 0.6 is 11.6 Å². The summed E-state index contributed by atoms with van der Waals surface area (Å²) < 4.78 is 18.9. The third-order valence-electron chi connectivity index (χ3n) is 2.48. The monoisotopic (exact) mass is 311 g/mol. The topological polar surface area (TPSA) is 63.2 Å². The molecule has 0 spiro atoms. The molecule has 0 fully saturated rings. The van der Waals surface area contributed by atoms with E-state index in [2.05, 4.69) is 20.3 Å². The van der Waals surface area contributed by atoms with Crippen LogP contribution in [0.5, 0.6) is 5.75 Å². The van der Waals surface area contributed by atoms with Crippen molar-refractivity contribution in [1.29, 1.82) is 0 Å². The van der Waals surface area contributed by atoms with Gasteiger partial charge >= 0.3 is 0 Å². The van der Waals surface area contributed by atoms with E-state index < -0.39 is 5.82 Å². The van der Waals surface area contributed by atoms with Crippen LogP contribution in [-0.4, -0.2) is 35.7 Å². The number of nitrogens with one attached hydrogen (secondary N) is 1. The van der Waals surface area contributed by atoms with Gasteiger partial charge in [0.1, 0.15) is 0 Å². The van der Waals surface area contributed by atoms with Gasteiger partial charge in [-0.3, -0.25) is 0 Å². The molecular formula is C13H15ClFN5O. The van der Waals surface area contributed by atoms with Crippen LogP contribution in [-0.2, 0) is 0 Å². The number of anilines is 3. The highest BCUT2D eigenvalue weighted by atomic mass is 35.5. The highest BCUT2D eigenvalue weighted by Crippen LogP contribution is 2.23. The molecule has 1 N–H and O–H groups in total. The standard InChI is InChI=1S/C13H15ClFN5O/c1-4-21-10-6-5-8(7-9(10)15)16-12-17-11(14)18-13(19-12)20(2)3/h5-7H,4H2,1-3H3,(H,16,17,18,19). The molecule has 0 aliphatic carbocycles. The van der Waals surface area contributed by atoms with E-state index in [0.29, 0.717) is 18.2 Å². The minimum atomic E-state index is -0.463. The predicted molar refractivity (Wildman–Crippen MR) is 80.0 cm³/mol. The molecule has 0 saturated carbocycles. The largest absolute Gasteiger partial charge is 0.491 e. The van der Waals surface area contributed by atoms with E-state index in [-0.39, 0.29) is 17.0 Å². The quantitative estimate of drug-likeness (QED) is 0.916. The van der Waals surface area contributed by atoms with Gasteiger partial charge in [-0.25, -0.2) is 4.39 Å². The van der Waals surface area contributed by atoms with Crippen molar-refractivity contribution in [3.8, 4) is 5.75 Å². The number of halogens is 2. The number of ether oxygens (including phenoxy) is 1. The lowest BCUT2D eigenvalue weighted by Crippen LogP contribution is -2.14. The normalized spacial score (nSPS) is 10.3. The first-order valence-corrected chi connectivity index (χ1v) is 6.65. The van der Waals surface area contributed by atoms with Crippen LogP contribution in [0.4, 0.5) is 22.0 Å². The highest BCUT2D eigenvalue weighted by Gasteiger charge is 2.09. The van der Waals surface area contributed by atoms with Gasteiger partial charge < -0.3 is 15.0 Å². The SMILES string of the molecule is CCOc1ccc(Nc2nc(Cl)nc(N(C)C)n2)cc1F. The summed E-state index contributed by atoms with van der Waals surface area (Å²) >= 11 is 5.84. The van der Waals surface area contributed by atoms with Crippen molar-refractivity contribution in [2.75, 3.05) is 30.9 Å². The van der Waals surface area contributed by atoms with Crippen molar-refractivity contribution in [2.45, 2.75) is 6.92 Å². The Morgan fingerprint density at radius 3 is 2.67 bits per heavy atom. The minimum Gasteiger partial charge on any atom is -0.491 e. The average molecular weight is 312 g/mol. The summed E-state index contributed by atoms with van der Waals surface area (Å²) in [4.78, 5) is 13.8. The Bertz CT molecular complexity index is 638. The summed E-state index contributed by atoms with van der Waals surface area (Å²) in [6, 6.07) is 4.51. The van der Waals surface area contributed by atoms with E-state index in [1.165, 1.54) is 12.1 Å². The maximum atomic E-state index is 13.8. The molecule has 8 heteroatoms. The molecule has 6 nitrogen and oxygen atoms in total. The molecule has 0 unspecified atom stereocenters. The lowest BCUT2D eigenvalue weighted by molar-refractivity contribution is 0.321. The summed E-state index contributed by atoms with van der Waals surface area (Å²) in [5.74, 6) is 0.381. The van der Waals surface area contributed by atoms with Gasteiger partial charge in [0.2, 0.25) is 17.2 Å². The second-order valence-corrected chi connectivity index (χ2v) is 4.66. The number of benzene rings is 1. The van der Waals surface area contributed by atoms with Crippen molar-refractivity contribution in [3.63, 3.8) is 0 Å². The number of hydrogen-bond acceptors (Lipinski definition) is 6. The molecule has 0 amide bonds. The van der Waals surface area contributed by atoms with Gasteiger partial charge in [0.05, 0.1) is 6.61 Å². The van der Waals surface area contributed by atoms with Crippen LogP contribution < -0.4 is 15.0 Å². The molecular weight excluding hydrogens is 297 g/mol. The Hall–Kier alpha value is -2.15. The second kappa shape index (κ2) is 6.53. The average Bonchev–Trinajstić information content (AvgIpc) is 2.41. The summed E-state index contributed by atoms with van der Waals surface area (Å²) in [6.45, 7) is 2.19. The molecule has 1 aromatic carbocycles. The molecule has 0 saturated heterocycles. The van der Waals surface area contributed by atoms with Crippen LogP contribution in [0.15, 0.2) is 18.2 Å². The van der Waals surface area contributed by atoms with Crippen LogP contribution in [0.3, 0.4) is 0 Å². The first-order chi connectivity index (χ1) is 9.99. The predicted octanol–water partition coefficient (Wildman–Crippen LogP) is 2.87. The molecule has 21 heavy (non-hydrogen) atoms. The fraction of sp³-hybridized carbons (Fsp3) is 0.308. The Morgan fingerprint density at radius 1 is 1.29 bits per heavy atom. The Kier molecular flexibility index (Phi) is 4.74. The van der Waals surface area contributed by atoms with Crippen molar-refractivity contribution >= 4 is 29.2 Å². The summed E-state index contributed by atoms with van der Waals surface area (Å²) in [5.41, 5.74) is 0.489. The van der Waals surface area contributed by atoms with E-state index in [9.17, 15) is 4.39 Å². The van der Waals surface area contributed by atoms with Crippen molar-refractivity contribution in [2.24, 2.45) is 0 Å². The van der Waals surface area contributed by atoms with Crippen LogP contribution in [0.25, 0.3) is 0 Å². The molecule has 1 heterocycles. The van der Waals surface area contributed by atoms with E-state index in [4.69, 9.17) is 16.3 Å². The van der Waals surface area contributed by atoms with Gasteiger partial charge in [-0.1, -0.05) is 0 Å². The molecule has 0 radical (unpaired) electrons. The van der Waals surface area contributed by atoms with Crippen molar-refractivity contribution < 1.29 is 9.13 Å². The van der Waals surface area contributed by atoms with Crippen LogP contribution in [0, 0.1) is 5.82 Å². The molecule has 112 valence electrons. The van der Waals surface area contributed by atoms with Gasteiger partial charge in [-0.05, 0) is 30.7 Å². The molecule has 0 bridgehead atoms. The zero-order valence-corrected chi connectivity index (χ0v) is 12.6. The highest BCUT2D eigenvalue weighted by molar-refractivity contribution is 6.28. The zero-order valence-electron chi connectivity index (χ0n) is 11.9. The van der Waals surface area contributed by atoms with Gasteiger partial charge in [-0.2, -0.15) is 15.0 Å². The third-order valence-corrected chi connectivity index (χ3v) is 2.65. The van der Waals surface area contributed by atoms with Crippen molar-refractivity contribution in [1.82, 2.24) is 15.0 Å². The maximum Gasteiger partial charge on any atom is 0.233 e. The lowest BCUT2D eigenvalue weighted by Gasteiger charge is -2.12. The van der Waals surface area contributed by atoms with E-state index in [0.717, 1.165) is 0 Å². The van der Waals surface area contributed by atoms with Gasteiger partial charge in [0, 0.05) is 25.8 Å². The molecule has 0 aliphatic heterocycles. The van der Waals surface area contributed by atoms with Gasteiger partial charge in [0.15, 0.2) is 11.6 Å². The third kappa shape index (κ3) is 3.91. The van der Waals surface area contributed by atoms with Gasteiger partial charge in [-0.15, -0.1) is 0 Å². The summed E-state index contributed by atoms with van der Waals surface area (Å²) in [5, 5.41) is 2.94. The zero-order chi connectivity index (χ0) is 15.4. The molecule has 0 atom stereocenters. The van der Waals surface area contributed by atoms with Crippen molar-refractivity contribution in [3.05, 3.63) is 29.3 Å². The molecule has 2 aromatic rings. The number of hydrogen-bond donors (Lipinski definition) is 1. The Morgan fingerprint density at radius 2 is 2.05 bits per heavy atom. The van der Waals surface area contributed by atoms with E-state index in [1.54, 1.807) is 32.0 Å². The second-order valence-electron chi connectivity index (χ2n) is 4.33. The first-order valence-electron chi connectivity index (χ1n) is 6.28. The Labute approximate surface area is 126 Å². The maximum absolute atomic E-state index is 13.8. The van der Waals surface area contributed by atoms with Crippen LogP contribution in [0.1, 0.15) is 6.92 Å². The number of nitrogens with zero attached hydrogens (tertiary/aromatic N) is 4. The molecule has 2 rings (SSSR count). The van der Waals surface area contributed by atoms with Crippen LogP contribution in [0.2, 0.25) is 5.28 Å². The fourth-order valence-electron chi connectivity index (χ4n) is 1.58. The minimum absolute atomic E-state index is 0.0580. The number of aromatic nitrogens is 3. The van der Waals surface area contributed by atoms with E-state index >= 15 is 0 Å². The number of rotatable bonds is 5. The summed E-state index contributed by atoms with van der Waals surface area (Å²) in [7, 11) is 3.57. The fourth-order valence-corrected chi connectivity index (χ4v) is 1.73. The first kappa shape index (κ1) is 15.2. The smallest absolute Gasteiger partial charge is 0.233 e. The van der Waals surface area contributed by atoms with E-state index in [1.807, 2.05) is 0 Å². The van der Waals surface area contributed by atoms with Gasteiger partial charge in [0.25, 0.3) is 0 Å². The lowest BCUT2D eigenvalue weighted by atomic mass is 10.3. The molecule has 0 aliphatic rings. The molecule has 1 aromatic heterocycles. The summed E-state index contributed by atoms with van der Waals surface area (Å²) in [6.07, 6.45) is 0. The Balaban J connectivity index is 2.24.